The van der Waals surface area contributed by atoms with E-state index in [4.69, 9.17) is 0 Å². The van der Waals surface area contributed by atoms with Gasteiger partial charge in [0.25, 0.3) is 0 Å². The van der Waals surface area contributed by atoms with Crippen LogP contribution in [-0.2, 0) is 4.79 Å². The summed E-state index contributed by atoms with van der Waals surface area (Å²) in [6, 6.07) is 10.5. The maximum atomic E-state index is 12.3. The van der Waals surface area contributed by atoms with Crippen LogP contribution in [-0.4, -0.2) is 36.0 Å². The molecule has 2 aliphatic rings. The van der Waals surface area contributed by atoms with E-state index in [0.29, 0.717) is 11.8 Å². The van der Waals surface area contributed by atoms with Crippen molar-refractivity contribution in [2.45, 2.75) is 32.2 Å². The van der Waals surface area contributed by atoms with E-state index in [1.807, 2.05) is 6.07 Å². The Kier molecular flexibility index (Phi) is 3.00. The van der Waals surface area contributed by atoms with Crippen molar-refractivity contribution in [2.75, 3.05) is 24.5 Å². The molecule has 2 fully saturated rings. The van der Waals surface area contributed by atoms with Gasteiger partial charge in [-0.1, -0.05) is 18.2 Å². The molecule has 1 aromatic rings. The highest BCUT2D eigenvalue weighted by Gasteiger charge is 2.42. The van der Waals surface area contributed by atoms with Crippen LogP contribution in [0.4, 0.5) is 5.69 Å². The van der Waals surface area contributed by atoms with Crippen molar-refractivity contribution in [3.05, 3.63) is 30.3 Å². The molecule has 0 radical (unpaired) electrons. The molecule has 1 saturated carbocycles. The van der Waals surface area contributed by atoms with Crippen LogP contribution in [0.3, 0.4) is 0 Å². The molecule has 0 bridgehead atoms. The molecule has 1 aliphatic heterocycles. The first-order chi connectivity index (χ1) is 9.08. The van der Waals surface area contributed by atoms with Crippen LogP contribution in [0, 0.1) is 5.92 Å². The van der Waals surface area contributed by atoms with E-state index in [0.717, 1.165) is 32.5 Å². The van der Waals surface area contributed by atoms with Gasteiger partial charge in [-0.05, 0) is 38.8 Å². The average Bonchev–Trinajstić information content (AvgIpc) is 3.22. The fourth-order valence-electron chi connectivity index (χ4n) is 2.97. The summed E-state index contributed by atoms with van der Waals surface area (Å²) in [6.07, 6.45) is 2.18. The molecule has 0 N–H and O–H groups in total. The lowest BCUT2D eigenvalue weighted by Crippen LogP contribution is -2.61. The number of carbonyl (C=O) groups excluding carboxylic acids is 1. The molecule has 3 heteroatoms. The van der Waals surface area contributed by atoms with Crippen LogP contribution >= 0.6 is 0 Å². The van der Waals surface area contributed by atoms with Crippen LogP contribution in [0.1, 0.15) is 26.7 Å². The predicted molar refractivity (Wildman–Crippen MR) is 77.2 cm³/mol. The van der Waals surface area contributed by atoms with Crippen LogP contribution in [0.5, 0.6) is 0 Å². The highest BCUT2D eigenvalue weighted by molar-refractivity contribution is 5.82. The number of amides is 1. The van der Waals surface area contributed by atoms with Gasteiger partial charge in [-0.3, -0.25) is 4.79 Å². The molecular weight excluding hydrogens is 236 g/mol. The molecule has 0 aromatic heterocycles. The molecule has 19 heavy (non-hydrogen) atoms. The number of nitrogens with zero attached hydrogens (tertiary/aromatic N) is 2. The summed E-state index contributed by atoms with van der Waals surface area (Å²) in [5, 5.41) is 0. The third-order valence-electron chi connectivity index (χ3n) is 4.22. The minimum absolute atomic E-state index is 0.0756. The number of para-hydroxylation sites is 1. The maximum Gasteiger partial charge on any atom is 0.226 e. The van der Waals surface area contributed by atoms with Gasteiger partial charge in [0.1, 0.15) is 0 Å². The summed E-state index contributed by atoms with van der Waals surface area (Å²) in [4.78, 5) is 16.8. The number of hydrogen-bond donors (Lipinski definition) is 0. The van der Waals surface area contributed by atoms with Crippen molar-refractivity contribution in [3.63, 3.8) is 0 Å². The highest BCUT2D eigenvalue weighted by Crippen LogP contribution is 2.35. The number of carbonyl (C=O) groups is 1. The van der Waals surface area contributed by atoms with Gasteiger partial charge in [0.2, 0.25) is 5.91 Å². The number of piperazine rings is 1. The minimum Gasteiger partial charge on any atom is -0.367 e. The quantitative estimate of drug-likeness (QED) is 0.814. The first-order valence-electron chi connectivity index (χ1n) is 7.19. The second kappa shape index (κ2) is 4.55. The van der Waals surface area contributed by atoms with Gasteiger partial charge >= 0.3 is 0 Å². The minimum atomic E-state index is -0.0756. The lowest BCUT2D eigenvalue weighted by atomic mass is 9.97. The van der Waals surface area contributed by atoms with E-state index >= 15 is 0 Å². The number of benzene rings is 1. The first-order valence-corrected chi connectivity index (χ1v) is 7.19. The Morgan fingerprint density at radius 3 is 2.42 bits per heavy atom. The van der Waals surface area contributed by atoms with E-state index in [1.165, 1.54) is 5.69 Å². The van der Waals surface area contributed by atoms with Crippen LogP contribution in [0.25, 0.3) is 0 Å². The number of hydrogen-bond acceptors (Lipinski definition) is 2. The Bertz CT molecular complexity index is 465. The largest absolute Gasteiger partial charge is 0.367 e. The Balaban J connectivity index is 1.74. The van der Waals surface area contributed by atoms with Crippen molar-refractivity contribution in [1.82, 2.24) is 4.90 Å². The molecule has 0 atom stereocenters. The summed E-state index contributed by atoms with van der Waals surface area (Å²) in [5.41, 5.74) is 1.18. The molecular formula is C16H22N2O. The van der Waals surface area contributed by atoms with Crippen LogP contribution < -0.4 is 4.90 Å². The molecule has 0 spiro atoms. The lowest BCUT2D eigenvalue weighted by molar-refractivity contribution is -0.138. The smallest absolute Gasteiger partial charge is 0.226 e. The van der Waals surface area contributed by atoms with Gasteiger partial charge in [-0.15, -0.1) is 0 Å². The molecule has 1 aliphatic carbocycles. The zero-order valence-corrected chi connectivity index (χ0v) is 11.8. The number of rotatable bonds is 2. The summed E-state index contributed by atoms with van der Waals surface area (Å²) in [6.45, 7) is 7.06. The Labute approximate surface area is 115 Å². The second-order valence-electron chi connectivity index (χ2n) is 6.33. The van der Waals surface area contributed by atoms with Crippen molar-refractivity contribution in [3.8, 4) is 0 Å². The van der Waals surface area contributed by atoms with Gasteiger partial charge in [0.15, 0.2) is 0 Å². The van der Waals surface area contributed by atoms with Gasteiger partial charge in [-0.25, -0.2) is 0 Å². The van der Waals surface area contributed by atoms with Gasteiger partial charge in [0.05, 0.1) is 5.54 Å². The molecule has 102 valence electrons. The van der Waals surface area contributed by atoms with Crippen LogP contribution in [0.2, 0.25) is 0 Å². The maximum absolute atomic E-state index is 12.3. The summed E-state index contributed by atoms with van der Waals surface area (Å²) < 4.78 is 0. The Morgan fingerprint density at radius 1 is 1.16 bits per heavy atom. The third kappa shape index (κ3) is 2.46. The monoisotopic (exact) mass is 258 g/mol. The average molecular weight is 258 g/mol. The van der Waals surface area contributed by atoms with Crippen LogP contribution in [0.15, 0.2) is 30.3 Å². The fourth-order valence-corrected chi connectivity index (χ4v) is 2.97. The predicted octanol–water partition coefficient (Wildman–Crippen LogP) is 2.52. The van der Waals surface area contributed by atoms with E-state index in [2.05, 4.69) is 47.9 Å². The first kappa shape index (κ1) is 12.5. The van der Waals surface area contributed by atoms with Crippen molar-refractivity contribution >= 4 is 11.6 Å². The standard InChI is InChI=1S/C16H22N2O/c1-16(2)12-17(14-6-4-3-5-7-14)10-11-18(16)15(19)13-8-9-13/h3-7,13H,8-12H2,1-2H3. The van der Waals surface area contributed by atoms with Crippen molar-refractivity contribution in [1.29, 1.82) is 0 Å². The van der Waals surface area contributed by atoms with E-state index in [-0.39, 0.29) is 5.54 Å². The van der Waals surface area contributed by atoms with Gasteiger partial charge < -0.3 is 9.80 Å². The van der Waals surface area contributed by atoms with E-state index < -0.39 is 0 Å². The normalized spacial score (nSPS) is 22.4. The summed E-state index contributed by atoms with van der Waals surface area (Å²) >= 11 is 0. The Morgan fingerprint density at radius 2 is 1.84 bits per heavy atom. The number of anilines is 1. The summed E-state index contributed by atoms with van der Waals surface area (Å²) in [7, 11) is 0. The van der Waals surface area contributed by atoms with E-state index in [9.17, 15) is 4.79 Å². The van der Waals surface area contributed by atoms with Gasteiger partial charge in [0, 0.05) is 31.2 Å². The second-order valence-corrected chi connectivity index (χ2v) is 6.33. The topological polar surface area (TPSA) is 23.6 Å². The van der Waals surface area contributed by atoms with Crippen molar-refractivity contribution in [2.24, 2.45) is 5.92 Å². The molecule has 0 unspecified atom stereocenters. The van der Waals surface area contributed by atoms with E-state index in [1.54, 1.807) is 0 Å². The molecule has 1 saturated heterocycles. The Hall–Kier alpha value is -1.51. The molecule has 1 heterocycles. The molecule has 3 nitrogen and oxygen atoms in total. The fraction of sp³-hybridized carbons (Fsp3) is 0.562. The molecule has 1 amide bonds. The zero-order valence-electron chi connectivity index (χ0n) is 11.8. The highest BCUT2D eigenvalue weighted by atomic mass is 16.2. The summed E-state index contributed by atoms with van der Waals surface area (Å²) in [5.74, 6) is 0.695. The third-order valence-corrected chi connectivity index (χ3v) is 4.22. The van der Waals surface area contributed by atoms with Crippen molar-refractivity contribution < 1.29 is 4.79 Å². The SMILES string of the molecule is CC1(C)CN(c2ccccc2)CCN1C(=O)C1CC1. The van der Waals surface area contributed by atoms with Gasteiger partial charge in [-0.2, -0.15) is 0 Å². The molecule has 1 aromatic carbocycles. The zero-order chi connectivity index (χ0) is 13.5. The lowest BCUT2D eigenvalue weighted by Gasteiger charge is -2.48. The molecule has 3 rings (SSSR count).